The lowest BCUT2D eigenvalue weighted by Gasteiger charge is -2.03. The zero-order chi connectivity index (χ0) is 15.2. The molecule has 0 fully saturated rings. The predicted molar refractivity (Wildman–Crippen MR) is 86.5 cm³/mol. The van der Waals surface area contributed by atoms with Crippen LogP contribution in [0.4, 0.5) is 5.00 Å². The number of carbonyl (C=O) groups excluding carboxylic acids is 1. The number of aromatic carboxylic acids is 1. The number of carboxylic acid groups (broad SMARTS) is 1. The normalized spacial score (nSPS) is 10.5. The molecule has 2 aromatic heterocycles. The Labute approximate surface area is 131 Å². The van der Waals surface area contributed by atoms with Gasteiger partial charge in [-0.15, -0.1) is 22.7 Å². The molecule has 0 aliphatic heterocycles. The van der Waals surface area contributed by atoms with Crippen LogP contribution in [0.1, 0.15) is 39.9 Å². The highest BCUT2D eigenvalue weighted by atomic mass is 32.1. The fraction of sp³-hybridized carbons (Fsp3) is 0.333. The Morgan fingerprint density at radius 1 is 1.33 bits per heavy atom. The van der Waals surface area contributed by atoms with Crippen LogP contribution in [-0.2, 0) is 17.6 Å². The molecule has 0 aliphatic rings. The summed E-state index contributed by atoms with van der Waals surface area (Å²) in [5.41, 5.74) is 0.184. The fourth-order valence-corrected chi connectivity index (χ4v) is 3.69. The first-order valence-corrected chi connectivity index (χ1v) is 8.48. The molecule has 0 aromatic carbocycles. The largest absolute Gasteiger partial charge is 0.478 e. The van der Waals surface area contributed by atoms with Gasteiger partial charge in [-0.25, -0.2) is 4.79 Å². The van der Waals surface area contributed by atoms with Gasteiger partial charge in [-0.2, -0.15) is 0 Å². The van der Waals surface area contributed by atoms with Crippen molar-refractivity contribution in [2.45, 2.75) is 32.6 Å². The Kier molecular flexibility index (Phi) is 5.52. The molecule has 0 atom stereocenters. The Morgan fingerprint density at radius 2 is 2.14 bits per heavy atom. The highest BCUT2D eigenvalue weighted by molar-refractivity contribution is 7.16. The maximum Gasteiger partial charge on any atom is 0.338 e. The van der Waals surface area contributed by atoms with Gasteiger partial charge in [0.1, 0.15) is 5.00 Å². The van der Waals surface area contributed by atoms with Crippen molar-refractivity contribution in [1.29, 1.82) is 0 Å². The standard InChI is InChI=1S/C15H17NO3S2/c1-2-10-9-12(15(18)19)14(21-10)16-13(17)7-3-5-11-6-4-8-20-11/h4,6,8-9H,2-3,5,7H2,1H3,(H,16,17)(H,18,19). The Balaban J connectivity index is 1.90. The molecule has 2 N–H and O–H groups in total. The van der Waals surface area contributed by atoms with Gasteiger partial charge in [0.25, 0.3) is 0 Å². The van der Waals surface area contributed by atoms with Crippen molar-refractivity contribution >= 4 is 39.6 Å². The lowest BCUT2D eigenvalue weighted by molar-refractivity contribution is -0.116. The van der Waals surface area contributed by atoms with E-state index < -0.39 is 5.97 Å². The number of amides is 1. The van der Waals surface area contributed by atoms with E-state index in [9.17, 15) is 9.59 Å². The number of carboxylic acids is 1. The summed E-state index contributed by atoms with van der Waals surface area (Å²) in [6.07, 6.45) is 2.80. The zero-order valence-electron chi connectivity index (χ0n) is 11.7. The molecular weight excluding hydrogens is 306 g/mol. The van der Waals surface area contributed by atoms with Gasteiger partial charge < -0.3 is 10.4 Å². The fourth-order valence-electron chi connectivity index (χ4n) is 1.94. The quantitative estimate of drug-likeness (QED) is 0.808. The van der Waals surface area contributed by atoms with Gasteiger partial charge in [0, 0.05) is 16.2 Å². The number of thiophene rings is 2. The molecule has 2 rings (SSSR count). The summed E-state index contributed by atoms with van der Waals surface area (Å²) in [7, 11) is 0. The van der Waals surface area contributed by atoms with E-state index in [4.69, 9.17) is 5.11 Å². The summed E-state index contributed by atoms with van der Waals surface area (Å²) in [6, 6.07) is 5.68. The van der Waals surface area contributed by atoms with Crippen LogP contribution in [0.25, 0.3) is 0 Å². The van der Waals surface area contributed by atoms with E-state index in [1.165, 1.54) is 16.2 Å². The second-order valence-electron chi connectivity index (χ2n) is 4.60. The van der Waals surface area contributed by atoms with Gasteiger partial charge in [0.05, 0.1) is 5.56 Å². The molecular formula is C15H17NO3S2. The molecule has 2 aromatic rings. The van der Waals surface area contributed by atoms with Gasteiger partial charge in [0.15, 0.2) is 0 Å². The van der Waals surface area contributed by atoms with E-state index in [0.717, 1.165) is 24.1 Å². The lowest BCUT2D eigenvalue weighted by atomic mass is 10.2. The second kappa shape index (κ2) is 7.38. The SMILES string of the molecule is CCc1cc(C(=O)O)c(NC(=O)CCCc2cccs2)s1. The van der Waals surface area contributed by atoms with Crippen LogP contribution in [-0.4, -0.2) is 17.0 Å². The minimum atomic E-state index is -1.00. The van der Waals surface area contributed by atoms with Gasteiger partial charge in [-0.3, -0.25) is 4.79 Å². The Bertz CT molecular complexity index is 617. The molecule has 0 unspecified atom stereocenters. The van der Waals surface area contributed by atoms with Gasteiger partial charge >= 0.3 is 5.97 Å². The monoisotopic (exact) mass is 323 g/mol. The first-order chi connectivity index (χ1) is 10.1. The summed E-state index contributed by atoms with van der Waals surface area (Å²) in [5, 5.41) is 14.3. The van der Waals surface area contributed by atoms with Crippen molar-refractivity contribution in [1.82, 2.24) is 0 Å². The lowest BCUT2D eigenvalue weighted by Crippen LogP contribution is -2.12. The summed E-state index contributed by atoms with van der Waals surface area (Å²) in [6.45, 7) is 1.96. The van der Waals surface area contributed by atoms with Crippen LogP contribution < -0.4 is 5.32 Å². The van der Waals surface area contributed by atoms with Crippen LogP contribution in [0.2, 0.25) is 0 Å². The molecule has 0 spiro atoms. The van der Waals surface area contributed by atoms with Crippen LogP contribution in [0.5, 0.6) is 0 Å². The number of anilines is 1. The summed E-state index contributed by atoms with van der Waals surface area (Å²) in [4.78, 5) is 25.3. The number of aryl methyl sites for hydroxylation is 2. The number of nitrogens with one attached hydrogen (secondary N) is 1. The zero-order valence-corrected chi connectivity index (χ0v) is 13.4. The topological polar surface area (TPSA) is 66.4 Å². The summed E-state index contributed by atoms with van der Waals surface area (Å²) < 4.78 is 0. The van der Waals surface area contributed by atoms with Crippen LogP contribution >= 0.6 is 22.7 Å². The minimum absolute atomic E-state index is 0.126. The van der Waals surface area contributed by atoms with E-state index in [1.54, 1.807) is 17.4 Å². The maximum absolute atomic E-state index is 11.9. The molecule has 0 aliphatic carbocycles. The number of hydrogen-bond acceptors (Lipinski definition) is 4. The first kappa shape index (κ1) is 15.7. The third kappa shape index (κ3) is 4.41. The van der Waals surface area contributed by atoms with Crippen LogP contribution in [0.3, 0.4) is 0 Å². The smallest absolute Gasteiger partial charge is 0.338 e. The van der Waals surface area contributed by atoms with E-state index >= 15 is 0 Å². The van der Waals surface area contributed by atoms with E-state index in [-0.39, 0.29) is 11.5 Å². The Hall–Kier alpha value is -1.66. The van der Waals surface area contributed by atoms with Crippen molar-refractivity contribution in [2.24, 2.45) is 0 Å². The van der Waals surface area contributed by atoms with E-state index in [1.807, 2.05) is 18.4 Å². The average molecular weight is 323 g/mol. The molecule has 0 radical (unpaired) electrons. The molecule has 0 saturated carbocycles. The number of carbonyl (C=O) groups is 2. The predicted octanol–water partition coefficient (Wildman–Crippen LogP) is 4.03. The minimum Gasteiger partial charge on any atom is -0.478 e. The van der Waals surface area contributed by atoms with Gasteiger partial charge in [-0.05, 0) is 36.8 Å². The third-order valence-electron chi connectivity index (χ3n) is 3.02. The van der Waals surface area contributed by atoms with Crippen molar-refractivity contribution in [3.63, 3.8) is 0 Å². The first-order valence-electron chi connectivity index (χ1n) is 6.78. The average Bonchev–Trinajstić information content (AvgIpc) is 3.07. The van der Waals surface area contributed by atoms with Crippen LogP contribution in [0, 0.1) is 0 Å². The van der Waals surface area contributed by atoms with Gasteiger partial charge in [0.2, 0.25) is 5.91 Å². The van der Waals surface area contributed by atoms with Crippen molar-refractivity contribution in [3.8, 4) is 0 Å². The molecule has 6 heteroatoms. The summed E-state index contributed by atoms with van der Waals surface area (Å²) in [5.74, 6) is -1.13. The molecule has 4 nitrogen and oxygen atoms in total. The highest BCUT2D eigenvalue weighted by Crippen LogP contribution is 2.28. The molecule has 2 heterocycles. The molecule has 112 valence electrons. The maximum atomic E-state index is 11.9. The molecule has 1 amide bonds. The second-order valence-corrected chi connectivity index (χ2v) is 6.76. The Morgan fingerprint density at radius 3 is 2.76 bits per heavy atom. The van der Waals surface area contributed by atoms with Crippen molar-refractivity contribution in [2.75, 3.05) is 5.32 Å². The molecule has 21 heavy (non-hydrogen) atoms. The van der Waals surface area contributed by atoms with E-state index in [0.29, 0.717) is 11.4 Å². The third-order valence-corrected chi connectivity index (χ3v) is 5.15. The number of rotatable bonds is 7. The number of hydrogen-bond donors (Lipinski definition) is 2. The summed E-state index contributed by atoms with van der Waals surface area (Å²) >= 11 is 3.02. The van der Waals surface area contributed by atoms with Crippen molar-refractivity contribution < 1.29 is 14.7 Å². The van der Waals surface area contributed by atoms with E-state index in [2.05, 4.69) is 11.4 Å². The molecule has 0 bridgehead atoms. The van der Waals surface area contributed by atoms with Crippen LogP contribution in [0.15, 0.2) is 23.6 Å². The molecule has 0 saturated heterocycles. The highest BCUT2D eigenvalue weighted by Gasteiger charge is 2.16. The van der Waals surface area contributed by atoms with Crippen molar-refractivity contribution in [3.05, 3.63) is 38.9 Å². The van der Waals surface area contributed by atoms with Gasteiger partial charge in [-0.1, -0.05) is 13.0 Å².